The molecule has 1 N–H and O–H groups in total. The van der Waals surface area contributed by atoms with Gasteiger partial charge in [-0.25, -0.2) is 4.98 Å². The van der Waals surface area contributed by atoms with Crippen LogP contribution in [-0.4, -0.2) is 35.2 Å². The second-order valence-corrected chi connectivity index (χ2v) is 4.71. The third-order valence-corrected chi connectivity index (χ3v) is 3.47. The number of aromatic nitrogens is 1. The minimum atomic E-state index is -0.946. The zero-order valence-corrected chi connectivity index (χ0v) is 10.9. The van der Waals surface area contributed by atoms with Gasteiger partial charge in [0.2, 0.25) is 0 Å². The van der Waals surface area contributed by atoms with E-state index in [0.29, 0.717) is 28.1 Å². The Kier molecular flexibility index (Phi) is 4.01. The number of hydrogen-bond acceptors (Lipinski definition) is 5. The van der Waals surface area contributed by atoms with Crippen molar-refractivity contribution < 1.29 is 19.4 Å². The minimum absolute atomic E-state index is 0.129. The van der Waals surface area contributed by atoms with Crippen LogP contribution in [0.3, 0.4) is 0 Å². The Morgan fingerprint density at radius 2 is 2.26 bits per heavy atom. The van der Waals surface area contributed by atoms with Crippen LogP contribution in [0.2, 0.25) is 0 Å². The van der Waals surface area contributed by atoms with Gasteiger partial charge in [0, 0.05) is 10.9 Å². The number of hydrogen-bond donors (Lipinski definition) is 1. The molecule has 0 fully saturated rings. The van der Waals surface area contributed by atoms with E-state index in [1.54, 1.807) is 31.4 Å². The van der Waals surface area contributed by atoms with Gasteiger partial charge in [-0.05, 0) is 24.3 Å². The summed E-state index contributed by atoms with van der Waals surface area (Å²) in [6.07, 6.45) is 0.677. The van der Waals surface area contributed by atoms with Crippen LogP contribution in [0.1, 0.15) is 10.4 Å². The summed E-state index contributed by atoms with van der Waals surface area (Å²) < 4.78 is 5.11. The molecule has 0 aliphatic heterocycles. The number of thioether (sulfide) groups is 1. The number of benzene rings is 1. The molecule has 0 saturated carbocycles. The first kappa shape index (κ1) is 13.4. The Bertz CT molecular complexity index is 642. The largest absolute Gasteiger partial charge is 0.497 e. The van der Waals surface area contributed by atoms with Gasteiger partial charge in [-0.3, -0.25) is 9.59 Å². The molecule has 2 aromatic rings. The predicted molar refractivity (Wildman–Crippen MR) is 72.0 cm³/mol. The van der Waals surface area contributed by atoms with E-state index in [0.717, 1.165) is 17.1 Å². The smallest absolute Gasteiger partial charge is 0.313 e. The van der Waals surface area contributed by atoms with Gasteiger partial charge in [0.05, 0.1) is 18.4 Å². The summed E-state index contributed by atoms with van der Waals surface area (Å²) >= 11 is 1.03. The predicted octanol–water partition coefficient (Wildman–Crippen LogP) is 2.23. The lowest BCUT2D eigenvalue weighted by molar-refractivity contribution is -0.133. The van der Waals surface area contributed by atoms with Crippen LogP contribution in [0.25, 0.3) is 10.9 Å². The normalized spacial score (nSPS) is 10.4. The quantitative estimate of drug-likeness (QED) is 0.667. The second-order valence-electron chi connectivity index (χ2n) is 3.74. The molecule has 19 heavy (non-hydrogen) atoms. The highest BCUT2D eigenvalue weighted by Gasteiger charge is 2.09. The Hall–Kier alpha value is -2.08. The lowest BCUT2D eigenvalue weighted by atomic mass is 10.1. The molecule has 1 aromatic carbocycles. The van der Waals surface area contributed by atoms with Gasteiger partial charge in [-0.15, -0.1) is 0 Å². The van der Waals surface area contributed by atoms with Gasteiger partial charge in [-0.2, -0.15) is 0 Å². The van der Waals surface area contributed by atoms with Gasteiger partial charge in [0.25, 0.3) is 0 Å². The summed E-state index contributed by atoms with van der Waals surface area (Å²) in [7, 11) is 1.56. The average molecular weight is 277 g/mol. The van der Waals surface area contributed by atoms with Gasteiger partial charge in [-0.1, -0.05) is 11.8 Å². The van der Waals surface area contributed by atoms with E-state index in [2.05, 4.69) is 4.98 Å². The monoisotopic (exact) mass is 277 g/mol. The summed E-state index contributed by atoms with van der Waals surface area (Å²) in [6, 6.07) is 7.00. The zero-order chi connectivity index (χ0) is 13.8. The standard InChI is InChI=1S/C13H11NO4S/c1-18-10-2-3-11-8(5-10)4-9(6-15)13(14-11)19-7-12(16)17/h2-6H,7H2,1H3,(H,16,17). The Morgan fingerprint density at radius 3 is 2.89 bits per heavy atom. The second kappa shape index (κ2) is 5.71. The minimum Gasteiger partial charge on any atom is -0.497 e. The summed E-state index contributed by atoms with van der Waals surface area (Å²) in [4.78, 5) is 25.9. The number of aliphatic carboxylic acids is 1. The molecule has 6 heteroatoms. The summed E-state index contributed by atoms with van der Waals surface area (Å²) in [5, 5.41) is 9.87. The average Bonchev–Trinajstić information content (AvgIpc) is 2.43. The molecule has 2 rings (SSSR count). The number of pyridine rings is 1. The fourth-order valence-corrected chi connectivity index (χ4v) is 2.31. The fraction of sp³-hybridized carbons (Fsp3) is 0.154. The number of carboxylic acids is 1. The number of rotatable bonds is 5. The highest BCUT2D eigenvalue weighted by atomic mass is 32.2. The first-order valence-electron chi connectivity index (χ1n) is 5.42. The Labute approximate surface area is 113 Å². The van der Waals surface area contributed by atoms with Gasteiger partial charge in [0.15, 0.2) is 6.29 Å². The number of nitrogens with zero attached hydrogens (tertiary/aromatic N) is 1. The van der Waals surface area contributed by atoms with Crippen molar-refractivity contribution in [2.75, 3.05) is 12.9 Å². The molecule has 98 valence electrons. The Balaban J connectivity index is 2.47. The lowest BCUT2D eigenvalue weighted by Crippen LogP contribution is -2.00. The summed E-state index contributed by atoms with van der Waals surface area (Å²) in [6.45, 7) is 0. The van der Waals surface area contributed by atoms with E-state index in [-0.39, 0.29) is 5.75 Å². The van der Waals surface area contributed by atoms with Crippen LogP contribution in [0.15, 0.2) is 29.3 Å². The van der Waals surface area contributed by atoms with Crippen molar-refractivity contribution in [3.8, 4) is 5.75 Å². The third kappa shape index (κ3) is 3.03. The lowest BCUT2D eigenvalue weighted by Gasteiger charge is -2.06. The molecule has 0 amide bonds. The van der Waals surface area contributed by atoms with E-state index in [9.17, 15) is 9.59 Å². The topological polar surface area (TPSA) is 76.5 Å². The van der Waals surface area contributed by atoms with Crippen molar-refractivity contribution in [2.24, 2.45) is 0 Å². The zero-order valence-electron chi connectivity index (χ0n) is 10.1. The molecular formula is C13H11NO4S. The van der Waals surface area contributed by atoms with Crippen LogP contribution in [0, 0.1) is 0 Å². The molecule has 0 unspecified atom stereocenters. The van der Waals surface area contributed by atoms with E-state index < -0.39 is 5.97 Å². The van der Waals surface area contributed by atoms with E-state index in [4.69, 9.17) is 9.84 Å². The number of carbonyl (C=O) groups excluding carboxylic acids is 1. The van der Waals surface area contributed by atoms with Crippen molar-refractivity contribution >= 4 is 34.9 Å². The number of carbonyl (C=O) groups is 2. The van der Waals surface area contributed by atoms with E-state index in [1.165, 1.54) is 0 Å². The number of ether oxygens (including phenoxy) is 1. The van der Waals surface area contributed by atoms with Crippen molar-refractivity contribution in [1.82, 2.24) is 4.98 Å². The van der Waals surface area contributed by atoms with Crippen LogP contribution in [0.5, 0.6) is 5.75 Å². The number of methoxy groups -OCH3 is 1. The van der Waals surface area contributed by atoms with Gasteiger partial charge in [0.1, 0.15) is 10.8 Å². The maximum Gasteiger partial charge on any atom is 0.313 e. The van der Waals surface area contributed by atoms with E-state index in [1.807, 2.05) is 0 Å². The van der Waals surface area contributed by atoms with Crippen LogP contribution in [0.4, 0.5) is 0 Å². The third-order valence-electron chi connectivity index (χ3n) is 2.47. The van der Waals surface area contributed by atoms with Crippen molar-refractivity contribution in [1.29, 1.82) is 0 Å². The molecule has 0 radical (unpaired) electrons. The number of carboxylic acid groups (broad SMARTS) is 1. The Morgan fingerprint density at radius 1 is 1.47 bits per heavy atom. The summed E-state index contributed by atoms with van der Waals surface area (Å²) in [5.74, 6) is -0.397. The van der Waals surface area contributed by atoms with Crippen molar-refractivity contribution in [2.45, 2.75) is 5.03 Å². The number of fused-ring (bicyclic) bond motifs is 1. The molecule has 1 aromatic heterocycles. The molecule has 1 heterocycles. The first-order chi connectivity index (χ1) is 9.13. The molecule has 0 spiro atoms. The maximum atomic E-state index is 11.0. The molecule has 0 atom stereocenters. The molecule has 0 saturated heterocycles. The van der Waals surface area contributed by atoms with E-state index >= 15 is 0 Å². The van der Waals surface area contributed by atoms with Gasteiger partial charge < -0.3 is 9.84 Å². The van der Waals surface area contributed by atoms with Crippen LogP contribution < -0.4 is 4.74 Å². The molecular weight excluding hydrogens is 266 g/mol. The molecule has 0 bridgehead atoms. The van der Waals surface area contributed by atoms with Crippen molar-refractivity contribution in [3.63, 3.8) is 0 Å². The van der Waals surface area contributed by atoms with Crippen molar-refractivity contribution in [3.05, 3.63) is 29.8 Å². The van der Waals surface area contributed by atoms with Crippen LogP contribution >= 0.6 is 11.8 Å². The first-order valence-corrected chi connectivity index (χ1v) is 6.41. The highest BCUT2D eigenvalue weighted by molar-refractivity contribution is 8.00. The molecule has 0 aliphatic carbocycles. The molecule has 0 aliphatic rings. The van der Waals surface area contributed by atoms with Gasteiger partial charge >= 0.3 is 5.97 Å². The maximum absolute atomic E-state index is 11.0. The fourth-order valence-electron chi connectivity index (χ4n) is 1.61. The summed E-state index contributed by atoms with van der Waals surface area (Å²) in [5.41, 5.74) is 1.08. The molecule has 5 nitrogen and oxygen atoms in total. The SMILES string of the molecule is COc1ccc2nc(SCC(=O)O)c(C=O)cc2c1. The highest BCUT2D eigenvalue weighted by Crippen LogP contribution is 2.26. The van der Waals surface area contributed by atoms with Crippen LogP contribution in [-0.2, 0) is 4.79 Å². The number of aldehydes is 1.